The molecule has 4 heterocycles. The third-order valence-corrected chi connectivity index (χ3v) is 6.88. The number of carbonyl (C=O) groups is 2. The highest BCUT2D eigenvalue weighted by molar-refractivity contribution is 5.78. The van der Waals surface area contributed by atoms with Crippen LogP contribution in [-0.2, 0) is 9.59 Å². The Hall–Kier alpha value is -1.14. The molecule has 4 fully saturated rings. The van der Waals surface area contributed by atoms with E-state index in [4.69, 9.17) is 0 Å². The van der Waals surface area contributed by atoms with Crippen LogP contribution in [0.1, 0.15) is 39.0 Å². The molecule has 0 N–H and O–H groups in total. The van der Waals surface area contributed by atoms with Crippen molar-refractivity contribution in [1.29, 1.82) is 0 Å². The van der Waals surface area contributed by atoms with E-state index in [1.54, 1.807) is 0 Å². The first kappa shape index (κ1) is 18.2. The third-order valence-electron chi connectivity index (χ3n) is 6.88. The number of hydrogen-bond acceptors (Lipinski definition) is 4. The molecule has 146 valence electrons. The molecule has 6 heteroatoms. The smallest absolute Gasteiger partial charge is 0.236 e. The maximum atomic E-state index is 12.8. The number of likely N-dealkylation sites (tertiary alicyclic amines) is 1. The number of piperazine rings is 1. The van der Waals surface area contributed by atoms with Crippen LogP contribution in [0.15, 0.2) is 0 Å². The van der Waals surface area contributed by atoms with Crippen molar-refractivity contribution in [2.24, 2.45) is 11.8 Å². The normalized spacial score (nSPS) is 33.3. The summed E-state index contributed by atoms with van der Waals surface area (Å²) in [7, 11) is 0. The minimum absolute atomic E-state index is 0.303. The number of hydrogen-bond donors (Lipinski definition) is 0. The van der Waals surface area contributed by atoms with Crippen LogP contribution in [0.2, 0.25) is 0 Å². The maximum Gasteiger partial charge on any atom is 0.236 e. The molecule has 3 atom stereocenters. The molecule has 2 amide bonds. The van der Waals surface area contributed by atoms with Crippen molar-refractivity contribution in [2.75, 3.05) is 58.9 Å². The van der Waals surface area contributed by atoms with E-state index in [1.807, 2.05) is 0 Å². The van der Waals surface area contributed by atoms with Crippen molar-refractivity contribution in [3.63, 3.8) is 0 Å². The molecular formula is C20H34N4O2. The molecule has 26 heavy (non-hydrogen) atoms. The lowest BCUT2D eigenvalue weighted by molar-refractivity contribution is -0.147. The van der Waals surface area contributed by atoms with Crippen molar-refractivity contribution in [3.8, 4) is 0 Å². The van der Waals surface area contributed by atoms with Crippen molar-refractivity contribution < 1.29 is 9.59 Å². The minimum atomic E-state index is 0.303. The zero-order valence-corrected chi connectivity index (χ0v) is 16.2. The second-order valence-electron chi connectivity index (χ2n) is 8.78. The lowest BCUT2D eigenvalue weighted by Crippen LogP contribution is -2.61. The van der Waals surface area contributed by atoms with Gasteiger partial charge in [0.1, 0.15) is 0 Å². The van der Waals surface area contributed by atoms with Crippen LogP contribution in [0.25, 0.3) is 0 Å². The first-order chi connectivity index (χ1) is 12.6. The Bertz CT molecular complexity index is 532. The Morgan fingerprint density at radius 2 is 1.88 bits per heavy atom. The van der Waals surface area contributed by atoms with Gasteiger partial charge in [-0.3, -0.25) is 19.4 Å². The summed E-state index contributed by atoms with van der Waals surface area (Å²) in [5, 5.41) is 0. The molecular weight excluding hydrogens is 328 g/mol. The summed E-state index contributed by atoms with van der Waals surface area (Å²) in [6.07, 6.45) is 5.37. The summed E-state index contributed by atoms with van der Waals surface area (Å²) in [6, 6.07) is 0.433. The summed E-state index contributed by atoms with van der Waals surface area (Å²) >= 11 is 0. The topological polar surface area (TPSA) is 47.1 Å². The van der Waals surface area contributed by atoms with Crippen LogP contribution in [0.4, 0.5) is 0 Å². The SMILES string of the molecule is CCCN1CCN(C(=O)CN2CC3CC(C2)[C@H]2CCCC(=O)N2C3)CC1. The van der Waals surface area contributed by atoms with E-state index in [2.05, 4.69) is 26.5 Å². The Morgan fingerprint density at radius 3 is 2.65 bits per heavy atom. The predicted molar refractivity (Wildman–Crippen MR) is 101 cm³/mol. The van der Waals surface area contributed by atoms with Crippen LogP contribution >= 0.6 is 0 Å². The van der Waals surface area contributed by atoms with E-state index < -0.39 is 0 Å². The Labute approximate surface area is 157 Å². The summed E-state index contributed by atoms with van der Waals surface area (Å²) in [5.74, 6) is 1.80. The summed E-state index contributed by atoms with van der Waals surface area (Å²) in [5.41, 5.74) is 0. The van der Waals surface area contributed by atoms with E-state index in [0.29, 0.717) is 36.2 Å². The monoisotopic (exact) mass is 362 g/mol. The van der Waals surface area contributed by atoms with E-state index in [9.17, 15) is 9.59 Å². The van der Waals surface area contributed by atoms with E-state index in [0.717, 1.165) is 71.6 Å². The summed E-state index contributed by atoms with van der Waals surface area (Å²) in [4.78, 5) is 34.1. The van der Waals surface area contributed by atoms with Gasteiger partial charge in [-0.1, -0.05) is 6.92 Å². The fourth-order valence-corrected chi connectivity index (χ4v) is 5.67. The number of carbonyl (C=O) groups excluding carboxylic acids is 2. The predicted octanol–water partition coefficient (Wildman–Crippen LogP) is 0.873. The molecule has 0 aromatic rings. The van der Waals surface area contributed by atoms with E-state index in [-0.39, 0.29) is 0 Å². The molecule has 0 aromatic heterocycles. The molecule has 4 saturated heterocycles. The van der Waals surface area contributed by atoms with Gasteiger partial charge in [0.25, 0.3) is 0 Å². The first-order valence-electron chi connectivity index (χ1n) is 10.7. The average Bonchev–Trinajstić information content (AvgIpc) is 2.63. The van der Waals surface area contributed by atoms with Crippen LogP contribution in [0, 0.1) is 11.8 Å². The average molecular weight is 363 g/mol. The van der Waals surface area contributed by atoms with Crippen molar-refractivity contribution in [1.82, 2.24) is 19.6 Å². The van der Waals surface area contributed by atoms with Crippen LogP contribution in [0.3, 0.4) is 0 Å². The molecule has 0 aromatic carbocycles. The number of rotatable bonds is 4. The second-order valence-corrected chi connectivity index (χ2v) is 8.78. The Balaban J connectivity index is 1.30. The number of piperidine rings is 3. The highest BCUT2D eigenvalue weighted by Crippen LogP contribution is 2.37. The fraction of sp³-hybridized carbons (Fsp3) is 0.900. The molecule has 0 spiro atoms. The summed E-state index contributed by atoms with van der Waals surface area (Å²) < 4.78 is 0. The van der Waals surface area contributed by atoms with Gasteiger partial charge in [-0.05, 0) is 44.1 Å². The number of amides is 2. The van der Waals surface area contributed by atoms with Crippen LogP contribution in [0.5, 0.6) is 0 Å². The molecule has 0 radical (unpaired) electrons. The van der Waals surface area contributed by atoms with Gasteiger partial charge in [0.15, 0.2) is 0 Å². The van der Waals surface area contributed by atoms with Gasteiger partial charge in [0.2, 0.25) is 11.8 Å². The van der Waals surface area contributed by atoms with E-state index in [1.165, 1.54) is 12.8 Å². The standard InChI is InChI=1S/C20H34N4O2/c1-2-6-21-7-9-23(10-8-21)20(26)15-22-12-16-11-17(14-22)18-4-3-5-19(25)24(18)13-16/h16-18H,2-15H2,1H3/t16?,17?,18-/m1/s1. The molecule has 6 nitrogen and oxygen atoms in total. The van der Waals surface area contributed by atoms with Crippen LogP contribution < -0.4 is 0 Å². The molecule has 0 aliphatic carbocycles. The van der Waals surface area contributed by atoms with Gasteiger partial charge in [0, 0.05) is 58.3 Å². The molecule has 4 rings (SSSR count). The molecule has 4 aliphatic heterocycles. The summed E-state index contributed by atoms with van der Waals surface area (Å²) in [6.45, 7) is 10.6. The maximum absolute atomic E-state index is 12.8. The number of nitrogens with zero attached hydrogens (tertiary/aromatic N) is 4. The molecule has 4 aliphatic rings. The molecule has 2 bridgehead atoms. The van der Waals surface area contributed by atoms with Gasteiger partial charge in [0.05, 0.1) is 6.54 Å². The first-order valence-corrected chi connectivity index (χ1v) is 10.7. The van der Waals surface area contributed by atoms with E-state index >= 15 is 0 Å². The van der Waals surface area contributed by atoms with Crippen LogP contribution in [-0.4, -0.2) is 96.4 Å². The lowest BCUT2D eigenvalue weighted by Gasteiger charge is -2.52. The lowest BCUT2D eigenvalue weighted by atomic mass is 9.76. The molecule has 0 saturated carbocycles. The largest absolute Gasteiger partial charge is 0.339 e. The highest BCUT2D eigenvalue weighted by Gasteiger charge is 2.44. The zero-order valence-electron chi connectivity index (χ0n) is 16.2. The minimum Gasteiger partial charge on any atom is -0.339 e. The third kappa shape index (κ3) is 3.77. The Morgan fingerprint density at radius 1 is 1.08 bits per heavy atom. The van der Waals surface area contributed by atoms with Gasteiger partial charge in [-0.2, -0.15) is 0 Å². The highest BCUT2D eigenvalue weighted by atomic mass is 16.2. The van der Waals surface area contributed by atoms with Gasteiger partial charge in [-0.15, -0.1) is 0 Å². The zero-order chi connectivity index (χ0) is 18.1. The quantitative estimate of drug-likeness (QED) is 0.745. The van der Waals surface area contributed by atoms with Gasteiger partial charge < -0.3 is 9.80 Å². The molecule has 2 unspecified atom stereocenters. The number of fused-ring (bicyclic) bond motifs is 4. The van der Waals surface area contributed by atoms with Crippen molar-refractivity contribution >= 4 is 11.8 Å². The second kappa shape index (κ2) is 7.85. The fourth-order valence-electron chi connectivity index (χ4n) is 5.67. The van der Waals surface area contributed by atoms with Gasteiger partial charge in [-0.25, -0.2) is 0 Å². The Kier molecular flexibility index (Phi) is 5.50. The van der Waals surface area contributed by atoms with Crippen molar-refractivity contribution in [2.45, 2.75) is 45.1 Å². The van der Waals surface area contributed by atoms with Gasteiger partial charge >= 0.3 is 0 Å². The van der Waals surface area contributed by atoms with Crippen molar-refractivity contribution in [3.05, 3.63) is 0 Å².